The molecule has 0 saturated carbocycles. The number of nitrogens with one attached hydrogen (secondary N) is 1. The van der Waals surface area contributed by atoms with E-state index in [-0.39, 0.29) is 0 Å². The molecule has 1 atom stereocenters. The molecule has 0 aromatic rings. The molecule has 13 heavy (non-hydrogen) atoms. The van der Waals surface area contributed by atoms with Crippen LogP contribution in [-0.4, -0.2) is 12.6 Å². The summed E-state index contributed by atoms with van der Waals surface area (Å²) in [5.74, 6) is 0. The Morgan fingerprint density at radius 3 is 3.23 bits per heavy atom. The number of allylic oxidation sites excluding steroid dienone is 4. The summed E-state index contributed by atoms with van der Waals surface area (Å²) in [6, 6.07) is 0.612. The zero-order chi connectivity index (χ0) is 8.93. The zero-order valence-electron chi connectivity index (χ0n) is 7.79. The second kappa shape index (κ2) is 4.27. The van der Waals surface area contributed by atoms with Crippen LogP contribution < -0.4 is 5.32 Å². The minimum Gasteiger partial charge on any atom is -0.310 e. The predicted octanol–water partition coefficient (Wildman–Crippen LogP) is 2.34. The van der Waals surface area contributed by atoms with Crippen molar-refractivity contribution in [1.29, 1.82) is 0 Å². The van der Waals surface area contributed by atoms with E-state index >= 15 is 0 Å². The van der Waals surface area contributed by atoms with Crippen LogP contribution >= 0.6 is 0 Å². The Labute approximate surface area is 79.5 Å². The summed E-state index contributed by atoms with van der Waals surface area (Å²) in [7, 11) is 0. The van der Waals surface area contributed by atoms with Crippen molar-refractivity contribution in [2.24, 2.45) is 0 Å². The van der Waals surface area contributed by atoms with E-state index in [0.29, 0.717) is 6.04 Å². The molecule has 1 fully saturated rings. The molecular weight excluding hydrogens is 158 g/mol. The van der Waals surface area contributed by atoms with E-state index in [1.807, 2.05) is 12.2 Å². The molecule has 1 N–H and O–H groups in total. The van der Waals surface area contributed by atoms with Crippen molar-refractivity contribution in [3.8, 4) is 0 Å². The first-order valence-corrected chi connectivity index (χ1v) is 4.97. The van der Waals surface area contributed by atoms with Crippen molar-refractivity contribution in [3.05, 3.63) is 41.7 Å². The van der Waals surface area contributed by atoms with E-state index in [2.05, 4.69) is 29.3 Å². The molecule has 0 bridgehead atoms. The highest BCUT2D eigenvalue weighted by molar-refractivity contribution is 5.24. The van der Waals surface area contributed by atoms with E-state index < -0.39 is 0 Å². The first kappa shape index (κ1) is 8.55. The highest BCUT2D eigenvalue weighted by atomic mass is 14.9. The maximum absolute atomic E-state index is 3.51. The van der Waals surface area contributed by atoms with Gasteiger partial charge < -0.3 is 5.32 Å². The van der Waals surface area contributed by atoms with Crippen molar-refractivity contribution in [1.82, 2.24) is 5.32 Å². The largest absolute Gasteiger partial charge is 0.310 e. The normalized spacial score (nSPS) is 33.5. The molecule has 1 nitrogen and oxygen atoms in total. The molecule has 68 valence electrons. The highest BCUT2D eigenvalue weighted by Gasteiger charge is 2.16. The van der Waals surface area contributed by atoms with E-state index in [9.17, 15) is 0 Å². The minimum absolute atomic E-state index is 0.612. The lowest BCUT2D eigenvalue weighted by Crippen LogP contribution is -2.23. The Bertz CT molecular complexity index is 284. The molecule has 0 aromatic carbocycles. The van der Waals surface area contributed by atoms with Crippen LogP contribution in [-0.2, 0) is 0 Å². The van der Waals surface area contributed by atoms with Gasteiger partial charge in [-0.15, -0.1) is 5.73 Å². The van der Waals surface area contributed by atoms with Crippen molar-refractivity contribution >= 4 is 0 Å². The van der Waals surface area contributed by atoms with Crippen LogP contribution in [0, 0.1) is 0 Å². The molecule has 0 spiro atoms. The van der Waals surface area contributed by atoms with E-state index in [4.69, 9.17) is 0 Å². The van der Waals surface area contributed by atoms with Gasteiger partial charge in [-0.1, -0.05) is 18.2 Å². The second-order valence-corrected chi connectivity index (χ2v) is 3.52. The molecule has 1 aliphatic heterocycles. The summed E-state index contributed by atoms with van der Waals surface area (Å²) in [4.78, 5) is 0. The SMILES string of the molecule is C1=C/C=C\C/C([C@H]2CCCN2)=C\C=1. The molecule has 0 unspecified atom stereocenters. The Morgan fingerprint density at radius 1 is 1.38 bits per heavy atom. The average Bonchev–Trinajstić information content (AvgIpc) is 2.55. The molecule has 1 saturated heterocycles. The van der Waals surface area contributed by atoms with Gasteiger partial charge in [-0.3, -0.25) is 0 Å². The lowest BCUT2D eigenvalue weighted by Gasteiger charge is -2.13. The summed E-state index contributed by atoms with van der Waals surface area (Å²) in [5.41, 5.74) is 4.59. The summed E-state index contributed by atoms with van der Waals surface area (Å²) in [5, 5.41) is 3.51. The predicted molar refractivity (Wildman–Crippen MR) is 55.5 cm³/mol. The Kier molecular flexibility index (Phi) is 2.81. The summed E-state index contributed by atoms with van der Waals surface area (Å²) in [6.45, 7) is 1.17. The lowest BCUT2D eigenvalue weighted by atomic mass is 10.0. The third kappa shape index (κ3) is 2.21. The van der Waals surface area contributed by atoms with Crippen molar-refractivity contribution in [3.63, 3.8) is 0 Å². The van der Waals surface area contributed by atoms with Gasteiger partial charge >= 0.3 is 0 Å². The van der Waals surface area contributed by atoms with Gasteiger partial charge in [-0.05, 0) is 43.5 Å². The fourth-order valence-electron chi connectivity index (χ4n) is 1.87. The minimum atomic E-state index is 0.612. The van der Waals surface area contributed by atoms with Crippen molar-refractivity contribution in [2.75, 3.05) is 6.54 Å². The maximum atomic E-state index is 3.51. The number of hydrogen-bond donors (Lipinski definition) is 1. The van der Waals surface area contributed by atoms with Gasteiger partial charge in [0.2, 0.25) is 0 Å². The topological polar surface area (TPSA) is 12.0 Å². The summed E-state index contributed by atoms with van der Waals surface area (Å²) < 4.78 is 0. The molecule has 0 aromatic heterocycles. The quantitative estimate of drug-likeness (QED) is 0.600. The van der Waals surface area contributed by atoms with E-state index in [1.165, 1.54) is 25.0 Å². The molecule has 2 aliphatic rings. The van der Waals surface area contributed by atoms with E-state index in [0.717, 1.165) is 6.42 Å². The van der Waals surface area contributed by atoms with Crippen LogP contribution in [0.2, 0.25) is 0 Å². The molecular formula is C12H15N. The van der Waals surface area contributed by atoms with Crippen LogP contribution in [0.15, 0.2) is 41.7 Å². The first-order chi connectivity index (χ1) is 6.47. The van der Waals surface area contributed by atoms with Gasteiger partial charge in [0.05, 0.1) is 0 Å². The second-order valence-electron chi connectivity index (χ2n) is 3.52. The van der Waals surface area contributed by atoms with Gasteiger partial charge in [0, 0.05) is 6.04 Å². The number of hydrogen-bond acceptors (Lipinski definition) is 1. The van der Waals surface area contributed by atoms with Gasteiger partial charge in [0.1, 0.15) is 0 Å². The highest BCUT2D eigenvalue weighted by Crippen LogP contribution is 2.18. The summed E-state index contributed by atoms with van der Waals surface area (Å²) >= 11 is 0. The van der Waals surface area contributed by atoms with Crippen LogP contribution in [0.5, 0.6) is 0 Å². The standard InChI is InChI=1S/C12H15N/c1-2-4-7-11(8-5-3-1)12-9-6-10-13-12/h1-2,4-5,8,12-13H,6-7,9-10H2/b4-2-,11-8+/t3?,12-/m1/s1. The molecule has 0 radical (unpaired) electrons. The van der Waals surface area contributed by atoms with Crippen LogP contribution in [0.25, 0.3) is 0 Å². The fourth-order valence-corrected chi connectivity index (χ4v) is 1.87. The Morgan fingerprint density at radius 2 is 2.38 bits per heavy atom. The zero-order valence-corrected chi connectivity index (χ0v) is 7.79. The van der Waals surface area contributed by atoms with Crippen LogP contribution in [0.1, 0.15) is 19.3 Å². The third-order valence-electron chi connectivity index (χ3n) is 2.58. The smallest absolute Gasteiger partial charge is 0.0286 e. The van der Waals surface area contributed by atoms with Crippen molar-refractivity contribution in [2.45, 2.75) is 25.3 Å². The van der Waals surface area contributed by atoms with Gasteiger partial charge in [-0.2, -0.15) is 0 Å². The fraction of sp³-hybridized carbons (Fsp3) is 0.417. The third-order valence-corrected chi connectivity index (χ3v) is 2.58. The Hall–Kier alpha value is -1.04. The first-order valence-electron chi connectivity index (χ1n) is 4.97. The van der Waals surface area contributed by atoms with Crippen LogP contribution in [0.3, 0.4) is 0 Å². The monoisotopic (exact) mass is 173 g/mol. The molecule has 0 amide bonds. The number of rotatable bonds is 1. The summed E-state index contributed by atoms with van der Waals surface area (Å²) in [6.07, 6.45) is 14.1. The van der Waals surface area contributed by atoms with Crippen LogP contribution in [0.4, 0.5) is 0 Å². The molecule has 1 heterocycles. The maximum Gasteiger partial charge on any atom is 0.0286 e. The van der Waals surface area contributed by atoms with Gasteiger partial charge in [0.25, 0.3) is 0 Å². The molecule has 1 aliphatic carbocycles. The Balaban J connectivity index is 2.12. The van der Waals surface area contributed by atoms with Gasteiger partial charge in [-0.25, -0.2) is 0 Å². The average molecular weight is 173 g/mol. The molecule has 1 heteroatoms. The van der Waals surface area contributed by atoms with E-state index in [1.54, 1.807) is 0 Å². The van der Waals surface area contributed by atoms with Gasteiger partial charge in [0.15, 0.2) is 0 Å². The molecule has 2 rings (SSSR count). The lowest BCUT2D eigenvalue weighted by molar-refractivity contribution is 0.676. The van der Waals surface area contributed by atoms with Crippen molar-refractivity contribution < 1.29 is 0 Å².